The van der Waals surface area contributed by atoms with Crippen LogP contribution in [0.15, 0.2) is 16.7 Å². The quantitative estimate of drug-likeness (QED) is 0.691. The van der Waals surface area contributed by atoms with E-state index in [1.807, 2.05) is 6.07 Å². The van der Waals surface area contributed by atoms with E-state index in [0.717, 1.165) is 23.8 Å². The van der Waals surface area contributed by atoms with Crippen molar-refractivity contribution < 1.29 is 9.63 Å². The Balaban J connectivity index is 2.34. The third kappa shape index (κ3) is 0.895. The maximum Gasteiger partial charge on any atom is 0.259 e. The fourth-order valence-corrected chi connectivity index (χ4v) is 2.30. The molecule has 0 amide bonds. The number of aromatic hydroxyl groups is 1. The topological polar surface area (TPSA) is 46.3 Å². The predicted octanol–water partition coefficient (Wildman–Crippen LogP) is 2.27. The highest BCUT2D eigenvalue weighted by Crippen LogP contribution is 2.35. The van der Waals surface area contributed by atoms with E-state index in [-0.39, 0.29) is 5.88 Å². The molecule has 0 saturated heterocycles. The van der Waals surface area contributed by atoms with E-state index in [1.54, 1.807) is 0 Å². The second kappa shape index (κ2) is 2.50. The lowest BCUT2D eigenvalue weighted by Gasteiger charge is -1.96. The number of benzene rings is 1. The molecule has 0 radical (unpaired) electrons. The van der Waals surface area contributed by atoms with Gasteiger partial charge in [0.1, 0.15) is 0 Å². The summed E-state index contributed by atoms with van der Waals surface area (Å²) in [5, 5.41) is 13.7. The van der Waals surface area contributed by atoms with Gasteiger partial charge in [-0.25, -0.2) is 0 Å². The molecule has 3 rings (SSSR count). The first-order valence-corrected chi connectivity index (χ1v) is 4.85. The van der Waals surface area contributed by atoms with Gasteiger partial charge in [-0.15, -0.1) is 0 Å². The van der Waals surface area contributed by atoms with Gasteiger partial charge in [0.2, 0.25) is 0 Å². The molecule has 0 spiro atoms. The summed E-state index contributed by atoms with van der Waals surface area (Å²) in [5.74, 6) is 0.671. The maximum absolute atomic E-state index is 9.40. The molecular weight excluding hydrogens is 178 g/mol. The smallest absolute Gasteiger partial charge is 0.259 e. The van der Waals surface area contributed by atoms with Gasteiger partial charge in [-0.05, 0) is 35.5 Å². The molecule has 72 valence electrons. The van der Waals surface area contributed by atoms with Crippen molar-refractivity contribution in [3.05, 3.63) is 23.3 Å². The van der Waals surface area contributed by atoms with Crippen LogP contribution in [0, 0.1) is 5.92 Å². The number of nitrogens with zero attached hydrogens (tertiary/aromatic N) is 1. The summed E-state index contributed by atoms with van der Waals surface area (Å²) in [6, 6.07) is 3.95. The van der Waals surface area contributed by atoms with Crippen LogP contribution in [-0.2, 0) is 12.8 Å². The second-order valence-electron chi connectivity index (χ2n) is 4.10. The second-order valence-corrected chi connectivity index (χ2v) is 4.10. The van der Waals surface area contributed by atoms with Gasteiger partial charge in [0.05, 0.1) is 5.39 Å². The third-order valence-corrected chi connectivity index (χ3v) is 2.94. The zero-order valence-corrected chi connectivity index (χ0v) is 7.95. The molecule has 1 aliphatic rings. The van der Waals surface area contributed by atoms with Crippen molar-refractivity contribution >= 4 is 11.0 Å². The fourth-order valence-electron chi connectivity index (χ4n) is 2.30. The number of hydrogen-bond donors (Lipinski definition) is 1. The van der Waals surface area contributed by atoms with Crippen LogP contribution in [0.5, 0.6) is 5.88 Å². The van der Waals surface area contributed by atoms with Crippen LogP contribution in [0.3, 0.4) is 0 Å². The normalized spacial score (nSPS) is 20.2. The van der Waals surface area contributed by atoms with Crippen LogP contribution >= 0.6 is 0 Å². The van der Waals surface area contributed by atoms with Gasteiger partial charge in [-0.2, -0.15) is 0 Å². The lowest BCUT2D eigenvalue weighted by Crippen LogP contribution is -1.89. The van der Waals surface area contributed by atoms with Gasteiger partial charge in [0.15, 0.2) is 5.58 Å². The zero-order chi connectivity index (χ0) is 9.71. The summed E-state index contributed by atoms with van der Waals surface area (Å²) in [4.78, 5) is 0. The SMILES string of the molecule is C[C@H]1Cc2ccc3c(O)noc3c2C1. The first-order valence-electron chi connectivity index (χ1n) is 4.85. The van der Waals surface area contributed by atoms with Gasteiger partial charge in [-0.3, -0.25) is 0 Å². The predicted molar refractivity (Wildman–Crippen MR) is 52.2 cm³/mol. The molecule has 3 nitrogen and oxygen atoms in total. The summed E-state index contributed by atoms with van der Waals surface area (Å²) < 4.78 is 5.14. The molecule has 1 aromatic carbocycles. The number of fused-ring (bicyclic) bond motifs is 3. The zero-order valence-electron chi connectivity index (χ0n) is 7.95. The Labute approximate surface area is 81.3 Å². The summed E-state index contributed by atoms with van der Waals surface area (Å²) >= 11 is 0. The minimum Gasteiger partial charge on any atom is -0.491 e. The molecule has 0 fully saturated rings. The molecule has 1 aromatic heterocycles. The number of hydrogen-bond acceptors (Lipinski definition) is 3. The van der Waals surface area contributed by atoms with Crippen molar-refractivity contribution in [3.8, 4) is 5.88 Å². The van der Waals surface area contributed by atoms with E-state index < -0.39 is 0 Å². The van der Waals surface area contributed by atoms with E-state index in [4.69, 9.17) is 4.52 Å². The number of aromatic nitrogens is 1. The summed E-state index contributed by atoms with van der Waals surface area (Å²) in [6.45, 7) is 2.22. The molecule has 1 aliphatic carbocycles. The molecule has 0 saturated carbocycles. The Hall–Kier alpha value is -1.51. The van der Waals surface area contributed by atoms with Crippen molar-refractivity contribution in [1.82, 2.24) is 5.16 Å². The molecule has 0 aliphatic heterocycles. The van der Waals surface area contributed by atoms with Crippen LogP contribution in [0.2, 0.25) is 0 Å². The third-order valence-electron chi connectivity index (χ3n) is 2.94. The van der Waals surface area contributed by atoms with Gasteiger partial charge < -0.3 is 9.63 Å². The molecule has 1 N–H and O–H groups in total. The molecule has 2 aromatic rings. The molecule has 3 heteroatoms. The minimum atomic E-state index is 0.00218. The minimum absolute atomic E-state index is 0.00218. The van der Waals surface area contributed by atoms with E-state index in [1.165, 1.54) is 11.1 Å². The van der Waals surface area contributed by atoms with Crippen molar-refractivity contribution in [2.75, 3.05) is 0 Å². The summed E-state index contributed by atoms with van der Waals surface area (Å²) in [6.07, 6.45) is 2.13. The average molecular weight is 189 g/mol. The fraction of sp³-hybridized carbons (Fsp3) is 0.364. The lowest BCUT2D eigenvalue weighted by atomic mass is 10.1. The van der Waals surface area contributed by atoms with Crippen LogP contribution in [0.25, 0.3) is 11.0 Å². The van der Waals surface area contributed by atoms with Crippen LogP contribution < -0.4 is 0 Å². The highest BCUT2D eigenvalue weighted by atomic mass is 16.5. The highest BCUT2D eigenvalue weighted by Gasteiger charge is 2.23. The summed E-state index contributed by atoms with van der Waals surface area (Å²) in [7, 11) is 0. The van der Waals surface area contributed by atoms with Crippen molar-refractivity contribution in [1.29, 1.82) is 0 Å². The van der Waals surface area contributed by atoms with Crippen LogP contribution in [0.4, 0.5) is 0 Å². The Kier molecular flexibility index (Phi) is 1.40. The maximum atomic E-state index is 9.40. The van der Waals surface area contributed by atoms with Gasteiger partial charge >= 0.3 is 0 Å². The molecule has 1 atom stereocenters. The number of rotatable bonds is 0. The van der Waals surface area contributed by atoms with E-state index in [9.17, 15) is 5.11 Å². The van der Waals surface area contributed by atoms with Gasteiger partial charge in [0, 0.05) is 5.56 Å². The molecule has 14 heavy (non-hydrogen) atoms. The highest BCUT2D eigenvalue weighted by molar-refractivity contribution is 5.86. The van der Waals surface area contributed by atoms with Crippen molar-refractivity contribution in [3.63, 3.8) is 0 Å². The van der Waals surface area contributed by atoms with Gasteiger partial charge in [-0.1, -0.05) is 13.0 Å². The molecule has 0 unspecified atom stereocenters. The van der Waals surface area contributed by atoms with E-state index >= 15 is 0 Å². The lowest BCUT2D eigenvalue weighted by molar-refractivity contribution is 0.375. The monoisotopic (exact) mass is 189 g/mol. The standard InChI is InChI=1S/C11H11NO2/c1-6-4-7-2-3-8-10(9(7)5-6)14-12-11(8)13/h2-3,6H,4-5H2,1H3,(H,12,13)/t6-/m0/s1. The first kappa shape index (κ1) is 7.85. The first-order chi connectivity index (χ1) is 6.75. The molecular formula is C11H11NO2. The van der Waals surface area contributed by atoms with Crippen molar-refractivity contribution in [2.45, 2.75) is 19.8 Å². The van der Waals surface area contributed by atoms with Gasteiger partial charge in [0.25, 0.3) is 5.88 Å². The van der Waals surface area contributed by atoms with Crippen LogP contribution in [0.1, 0.15) is 18.1 Å². The Morgan fingerprint density at radius 1 is 1.43 bits per heavy atom. The average Bonchev–Trinajstić information content (AvgIpc) is 2.68. The Morgan fingerprint density at radius 2 is 2.29 bits per heavy atom. The molecule has 0 bridgehead atoms. The van der Waals surface area contributed by atoms with Crippen molar-refractivity contribution in [2.24, 2.45) is 5.92 Å². The molecule has 1 heterocycles. The summed E-state index contributed by atoms with van der Waals surface area (Å²) in [5.41, 5.74) is 3.33. The van der Waals surface area contributed by atoms with E-state index in [0.29, 0.717) is 5.92 Å². The Bertz CT molecular complexity index is 501. The van der Waals surface area contributed by atoms with E-state index in [2.05, 4.69) is 18.1 Å². The largest absolute Gasteiger partial charge is 0.491 e. The Morgan fingerprint density at radius 3 is 3.14 bits per heavy atom. The van der Waals surface area contributed by atoms with Crippen LogP contribution in [-0.4, -0.2) is 10.3 Å².